The lowest BCUT2D eigenvalue weighted by atomic mass is 9.48. The van der Waals surface area contributed by atoms with Crippen LogP contribution < -0.4 is 5.56 Å². The second-order valence-corrected chi connectivity index (χ2v) is 10.3. The molecule has 7 rings (SSSR count). The van der Waals surface area contributed by atoms with E-state index in [0.29, 0.717) is 28.9 Å². The molecular formula is C22H22N2O4S. The number of benzene rings is 1. The van der Waals surface area contributed by atoms with Crippen molar-refractivity contribution in [2.24, 2.45) is 17.3 Å². The van der Waals surface area contributed by atoms with E-state index in [9.17, 15) is 14.7 Å². The van der Waals surface area contributed by atoms with Crippen LogP contribution in [0.1, 0.15) is 44.2 Å². The second-order valence-electron chi connectivity index (χ2n) is 9.32. The molecule has 2 heterocycles. The van der Waals surface area contributed by atoms with Crippen LogP contribution in [0, 0.1) is 17.3 Å². The van der Waals surface area contributed by atoms with Crippen LogP contribution in [0.25, 0.3) is 15.2 Å². The maximum absolute atomic E-state index is 13.1. The Labute approximate surface area is 171 Å². The van der Waals surface area contributed by atoms with Gasteiger partial charge in [0.15, 0.2) is 4.96 Å². The van der Waals surface area contributed by atoms with E-state index in [2.05, 4.69) is 4.98 Å². The summed E-state index contributed by atoms with van der Waals surface area (Å²) in [6, 6.07) is 9.15. The van der Waals surface area contributed by atoms with E-state index < -0.39 is 11.0 Å². The van der Waals surface area contributed by atoms with E-state index in [1.807, 2.05) is 24.3 Å². The van der Waals surface area contributed by atoms with Crippen molar-refractivity contribution in [1.29, 1.82) is 0 Å². The van der Waals surface area contributed by atoms with Crippen molar-refractivity contribution in [2.45, 2.75) is 50.7 Å². The molecule has 4 fully saturated rings. The number of ether oxygens (including phenoxy) is 1. The van der Waals surface area contributed by atoms with Gasteiger partial charge in [-0.3, -0.25) is 14.0 Å². The first-order valence-corrected chi connectivity index (χ1v) is 11.0. The summed E-state index contributed by atoms with van der Waals surface area (Å²) in [6.07, 6.45) is 4.90. The maximum Gasteiger partial charge on any atom is 0.312 e. The molecule has 0 radical (unpaired) electrons. The van der Waals surface area contributed by atoms with Gasteiger partial charge in [-0.1, -0.05) is 23.5 Å². The summed E-state index contributed by atoms with van der Waals surface area (Å²) in [4.78, 5) is 30.9. The first kappa shape index (κ1) is 17.6. The molecule has 4 saturated carbocycles. The molecule has 3 aromatic rings. The van der Waals surface area contributed by atoms with E-state index in [-0.39, 0.29) is 18.1 Å². The van der Waals surface area contributed by atoms with Gasteiger partial charge in [0.25, 0.3) is 5.56 Å². The fourth-order valence-corrected chi connectivity index (χ4v) is 7.49. The number of hydrogen-bond acceptors (Lipinski definition) is 6. The van der Waals surface area contributed by atoms with Crippen LogP contribution in [0.5, 0.6) is 0 Å². The Hall–Kier alpha value is -2.25. The van der Waals surface area contributed by atoms with Crippen LogP contribution in [-0.4, -0.2) is 26.1 Å². The number of rotatable bonds is 3. The van der Waals surface area contributed by atoms with Crippen LogP contribution in [0.15, 0.2) is 35.1 Å². The van der Waals surface area contributed by atoms with Crippen LogP contribution >= 0.6 is 11.3 Å². The molecule has 150 valence electrons. The highest BCUT2D eigenvalue weighted by molar-refractivity contribution is 7.23. The molecule has 7 heteroatoms. The fraction of sp³-hybridized carbons (Fsp3) is 0.500. The smallest absolute Gasteiger partial charge is 0.312 e. The van der Waals surface area contributed by atoms with Crippen LogP contribution in [-0.2, 0) is 16.1 Å². The molecule has 0 spiro atoms. The molecule has 0 aliphatic heterocycles. The number of aliphatic hydroxyl groups is 1. The van der Waals surface area contributed by atoms with Gasteiger partial charge in [0.2, 0.25) is 0 Å². The lowest BCUT2D eigenvalue weighted by Crippen LogP contribution is -2.58. The van der Waals surface area contributed by atoms with Gasteiger partial charge in [0, 0.05) is 6.07 Å². The average Bonchev–Trinajstić information content (AvgIpc) is 3.03. The van der Waals surface area contributed by atoms with Crippen molar-refractivity contribution >= 4 is 32.5 Å². The number of para-hydroxylation sites is 1. The summed E-state index contributed by atoms with van der Waals surface area (Å²) in [6.45, 7) is -0.00562. The number of nitrogens with zero attached hydrogens (tertiary/aromatic N) is 2. The summed E-state index contributed by atoms with van der Waals surface area (Å²) in [5, 5.41) is 10.9. The van der Waals surface area contributed by atoms with Crippen molar-refractivity contribution in [2.75, 3.05) is 0 Å². The minimum atomic E-state index is -0.698. The predicted octanol–water partition coefficient (Wildman–Crippen LogP) is 3.28. The standard InChI is InChI=1S/C22H22N2O4S/c25-18-6-15(23-20-24(18)16-3-1-2-4-17(16)29-20)11-28-19(26)21-7-13-5-14(8-21)10-22(27,9-13)12-21/h1-4,6,13-14,27H,5,7-12H2/t13-,14-,21?,22?/m1/s1. The summed E-state index contributed by atoms with van der Waals surface area (Å²) < 4.78 is 8.27. The van der Waals surface area contributed by atoms with Crippen LogP contribution in [0.3, 0.4) is 0 Å². The third-order valence-electron chi connectivity index (χ3n) is 7.06. The molecule has 2 aromatic heterocycles. The van der Waals surface area contributed by atoms with Crippen LogP contribution in [0.4, 0.5) is 0 Å². The van der Waals surface area contributed by atoms with Gasteiger partial charge in [-0.05, 0) is 62.5 Å². The van der Waals surface area contributed by atoms with Crippen molar-refractivity contribution in [3.8, 4) is 0 Å². The fourth-order valence-electron chi connectivity index (χ4n) is 6.44. The summed E-state index contributed by atoms with van der Waals surface area (Å²) in [5.74, 6) is 0.612. The molecule has 29 heavy (non-hydrogen) atoms. The van der Waals surface area contributed by atoms with Gasteiger partial charge in [-0.15, -0.1) is 0 Å². The third kappa shape index (κ3) is 2.67. The molecule has 2 atom stereocenters. The number of thiazole rings is 1. The monoisotopic (exact) mass is 410 g/mol. The van der Waals surface area contributed by atoms with Crippen molar-refractivity contribution < 1.29 is 14.6 Å². The third-order valence-corrected chi connectivity index (χ3v) is 8.08. The van der Waals surface area contributed by atoms with Gasteiger partial charge >= 0.3 is 5.97 Å². The van der Waals surface area contributed by atoms with E-state index in [1.54, 1.807) is 4.40 Å². The maximum atomic E-state index is 13.1. The largest absolute Gasteiger partial charge is 0.459 e. The van der Waals surface area contributed by atoms with E-state index in [4.69, 9.17) is 4.74 Å². The Morgan fingerprint density at radius 1 is 1.24 bits per heavy atom. The number of aromatic nitrogens is 2. The molecule has 4 aliphatic carbocycles. The zero-order valence-electron chi connectivity index (χ0n) is 16.0. The SMILES string of the molecule is O=C(OCc1cc(=O)n2c(n1)sc1ccccc12)C12C[C@H]3C[C@@H](CC(O)(C3)C1)C2. The van der Waals surface area contributed by atoms with E-state index >= 15 is 0 Å². The first-order chi connectivity index (χ1) is 13.9. The molecule has 1 N–H and O–H groups in total. The van der Waals surface area contributed by atoms with Gasteiger partial charge in [-0.25, -0.2) is 4.98 Å². The number of hydrogen-bond donors (Lipinski definition) is 1. The number of carbonyl (C=O) groups is 1. The minimum absolute atomic E-state index is 0.00562. The number of fused-ring (bicyclic) bond motifs is 3. The Morgan fingerprint density at radius 3 is 2.76 bits per heavy atom. The summed E-state index contributed by atoms with van der Waals surface area (Å²) >= 11 is 1.45. The number of esters is 1. The molecule has 4 bridgehead atoms. The predicted molar refractivity (Wildman–Crippen MR) is 109 cm³/mol. The molecule has 1 aromatic carbocycles. The minimum Gasteiger partial charge on any atom is -0.459 e. The highest BCUT2D eigenvalue weighted by atomic mass is 32.1. The molecule has 6 nitrogen and oxygen atoms in total. The zero-order valence-corrected chi connectivity index (χ0v) is 16.8. The highest BCUT2D eigenvalue weighted by Gasteiger charge is 2.60. The second kappa shape index (κ2) is 5.89. The lowest BCUT2D eigenvalue weighted by Gasteiger charge is -2.58. The first-order valence-electron chi connectivity index (χ1n) is 10.2. The Bertz CT molecular complexity index is 1200. The Kier molecular flexibility index (Phi) is 3.57. The molecule has 0 amide bonds. The molecule has 0 saturated heterocycles. The summed E-state index contributed by atoms with van der Waals surface area (Å²) in [5.41, 5.74) is -0.109. The van der Waals surface area contributed by atoms with E-state index in [0.717, 1.165) is 42.3 Å². The van der Waals surface area contributed by atoms with Gasteiger partial charge < -0.3 is 9.84 Å². The lowest BCUT2D eigenvalue weighted by molar-refractivity contribution is -0.197. The van der Waals surface area contributed by atoms with Crippen molar-refractivity contribution in [1.82, 2.24) is 9.38 Å². The Balaban J connectivity index is 1.27. The molecule has 0 unspecified atom stereocenters. The van der Waals surface area contributed by atoms with Gasteiger partial charge in [0.05, 0.1) is 26.9 Å². The van der Waals surface area contributed by atoms with Gasteiger partial charge in [0.1, 0.15) is 6.61 Å². The van der Waals surface area contributed by atoms with Crippen molar-refractivity contribution in [3.63, 3.8) is 0 Å². The van der Waals surface area contributed by atoms with Crippen LogP contribution in [0.2, 0.25) is 0 Å². The van der Waals surface area contributed by atoms with Gasteiger partial charge in [-0.2, -0.15) is 0 Å². The topological polar surface area (TPSA) is 80.9 Å². The normalized spacial score (nSPS) is 32.9. The Morgan fingerprint density at radius 2 is 2.00 bits per heavy atom. The average molecular weight is 410 g/mol. The molecular weight excluding hydrogens is 388 g/mol. The summed E-state index contributed by atoms with van der Waals surface area (Å²) in [7, 11) is 0. The quantitative estimate of drug-likeness (QED) is 0.670. The zero-order chi connectivity index (χ0) is 19.8. The van der Waals surface area contributed by atoms with Crippen molar-refractivity contribution in [3.05, 3.63) is 46.4 Å². The highest BCUT2D eigenvalue weighted by Crippen LogP contribution is 2.62. The van der Waals surface area contributed by atoms with E-state index in [1.165, 1.54) is 17.4 Å². The molecule has 4 aliphatic rings. The number of carbonyl (C=O) groups excluding carboxylic acids is 1.